The molecule has 0 saturated carbocycles. The molecular weight excluding hydrogens is 300 g/mol. The van der Waals surface area contributed by atoms with E-state index in [1.807, 2.05) is 51.5 Å². The molecule has 0 radical (unpaired) electrons. The Hall–Kier alpha value is -2.43. The number of pyridine rings is 1. The number of benzene rings is 1. The van der Waals surface area contributed by atoms with Crippen LogP contribution in [0, 0.1) is 0 Å². The number of imidazole rings is 1. The van der Waals surface area contributed by atoms with E-state index in [0.29, 0.717) is 6.42 Å². The topological polar surface area (TPSA) is 59.8 Å². The molecule has 0 bridgehead atoms. The van der Waals surface area contributed by atoms with E-state index in [-0.39, 0.29) is 11.4 Å². The second-order valence-corrected chi connectivity index (χ2v) is 7.20. The number of hydrogen-bond donors (Lipinski definition) is 1. The highest BCUT2D eigenvalue weighted by atomic mass is 16.1. The molecule has 1 aromatic carbocycles. The number of aryl methyl sites for hydroxylation is 1. The van der Waals surface area contributed by atoms with Crippen molar-refractivity contribution in [1.29, 1.82) is 0 Å². The lowest BCUT2D eigenvalue weighted by Crippen LogP contribution is -2.40. The van der Waals surface area contributed by atoms with Gasteiger partial charge in [-0.2, -0.15) is 0 Å². The summed E-state index contributed by atoms with van der Waals surface area (Å²) in [7, 11) is 0. The van der Waals surface area contributed by atoms with Gasteiger partial charge in [0.15, 0.2) is 0 Å². The minimum atomic E-state index is -0.163. The van der Waals surface area contributed by atoms with Crippen LogP contribution in [0.4, 0.5) is 0 Å². The molecule has 1 amide bonds. The minimum Gasteiger partial charge on any atom is -0.352 e. The highest BCUT2D eigenvalue weighted by molar-refractivity contribution is 6.01. The molecule has 0 aliphatic rings. The number of hydrogen-bond acceptors (Lipinski definition) is 3. The molecule has 24 heavy (non-hydrogen) atoms. The van der Waals surface area contributed by atoms with Crippen molar-refractivity contribution in [3.63, 3.8) is 0 Å². The molecule has 0 aliphatic carbocycles. The summed E-state index contributed by atoms with van der Waals surface area (Å²) in [5, 5.41) is 4.12. The van der Waals surface area contributed by atoms with E-state index in [0.717, 1.165) is 41.3 Å². The fourth-order valence-electron chi connectivity index (χ4n) is 2.92. The van der Waals surface area contributed by atoms with Crippen LogP contribution in [0.2, 0.25) is 0 Å². The SMILES string of the molecule is CC(C)(C)NC(=O)CCCCn1cnc2cnc3ccccc3c21. The zero-order chi connectivity index (χ0) is 17.2. The first-order valence-corrected chi connectivity index (χ1v) is 8.44. The third-order valence-corrected chi connectivity index (χ3v) is 3.92. The van der Waals surface area contributed by atoms with E-state index in [1.54, 1.807) is 0 Å². The second-order valence-electron chi connectivity index (χ2n) is 7.20. The van der Waals surface area contributed by atoms with E-state index in [1.165, 1.54) is 0 Å². The van der Waals surface area contributed by atoms with Crippen LogP contribution in [0.25, 0.3) is 21.9 Å². The Morgan fingerprint density at radius 2 is 1.92 bits per heavy atom. The molecule has 0 fully saturated rings. The number of fused-ring (bicyclic) bond motifs is 3. The number of nitrogens with zero attached hydrogens (tertiary/aromatic N) is 3. The number of nitrogens with one attached hydrogen (secondary N) is 1. The fraction of sp³-hybridized carbons (Fsp3) is 0.421. The Morgan fingerprint density at radius 1 is 1.12 bits per heavy atom. The van der Waals surface area contributed by atoms with Crippen molar-refractivity contribution in [2.24, 2.45) is 0 Å². The number of rotatable bonds is 5. The van der Waals surface area contributed by atoms with Crippen LogP contribution in [-0.2, 0) is 11.3 Å². The monoisotopic (exact) mass is 324 g/mol. The Kier molecular flexibility index (Phi) is 4.51. The first-order valence-electron chi connectivity index (χ1n) is 8.44. The molecule has 0 unspecified atom stereocenters. The van der Waals surface area contributed by atoms with Crippen molar-refractivity contribution >= 4 is 27.8 Å². The maximum Gasteiger partial charge on any atom is 0.220 e. The van der Waals surface area contributed by atoms with Gasteiger partial charge in [0, 0.05) is 23.9 Å². The average molecular weight is 324 g/mol. The molecular formula is C19H24N4O. The predicted octanol–water partition coefficient (Wildman–Crippen LogP) is 3.67. The van der Waals surface area contributed by atoms with Gasteiger partial charge in [0.2, 0.25) is 5.91 Å². The summed E-state index contributed by atoms with van der Waals surface area (Å²) in [6.07, 6.45) is 6.06. The van der Waals surface area contributed by atoms with Crippen molar-refractivity contribution < 1.29 is 4.79 Å². The Labute approximate surface area is 142 Å². The van der Waals surface area contributed by atoms with Crippen molar-refractivity contribution in [2.45, 2.75) is 52.1 Å². The van der Waals surface area contributed by atoms with Gasteiger partial charge < -0.3 is 9.88 Å². The summed E-state index contributed by atoms with van der Waals surface area (Å²) < 4.78 is 2.17. The molecule has 3 rings (SSSR count). The number of amides is 1. The summed E-state index contributed by atoms with van der Waals surface area (Å²) in [5.74, 6) is 0.118. The summed E-state index contributed by atoms with van der Waals surface area (Å²) >= 11 is 0. The molecule has 0 spiro atoms. The number of aromatic nitrogens is 3. The van der Waals surface area contributed by atoms with Gasteiger partial charge >= 0.3 is 0 Å². The maximum absolute atomic E-state index is 11.9. The zero-order valence-corrected chi connectivity index (χ0v) is 14.5. The number of unbranched alkanes of at least 4 members (excludes halogenated alkanes) is 1. The molecule has 1 N–H and O–H groups in total. The van der Waals surface area contributed by atoms with Gasteiger partial charge in [0.1, 0.15) is 5.52 Å². The van der Waals surface area contributed by atoms with Gasteiger partial charge in [-0.15, -0.1) is 0 Å². The maximum atomic E-state index is 11.9. The molecule has 0 saturated heterocycles. The number of para-hydroxylation sites is 1. The van der Waals surface area contributed by atoms with Crippen molar-refractivity contribution in [2.75, 3.05) is 0 Å². The lowest BCUT2D eigenvalue weighted by molar-refractivity contribution is -0.122. The summed E-state index contributed by atoms with van der Waals surface area (Å²) in [4.78, 5) is 20.8. The van der Waals surface area contributed by atoms with Crippen LogP contribution < -0.4 is 5.32 Å². The standard InChI is InChI=1S/C19H24N4O/c1-19(2,3)22-17(24)10-6-7-11-23-13-21-16-12-20-15-9-5-4-8-14(15)18(16)23/h4-5,8-9,12-13H,6-7,10-11H2,1-3H3,(H,22,24). The van der Waals surface area contributed by atoms with Crippen LogP contribution >= 0.6 is 0 Å². The molecule has 0 atom stereocenters. The summed E-state index contributed by atoms with van der Waals surface area (Å²) in [6, 6.07) is 8.12. The van der Waals surface area contributed by atoms with E-state index >= 15 is 0 Å². The third-order valence-electron chi connectivity index (χ3n) is 3.92. The van der Waals surface area contributed by atoms with E-state index < -0.39 is 0 Å². The van der Waals surface area contributed by atoms with Crippen LogP contribution in [0.3, 0.4) is 0 Å². The normalized spacial score (nSPS) is 12.0. The zero-order valence-electron chi connectivity index (χ0n) is 14.5. The van der Waals surface area contributed by atoms with Gasteiger partial charge in [-0.25, -0.2) is 4.98 Å². The van der Waals surface area contributed by atoms with Crippen molar-refractivity contribution in [1.82, 2.24) is 19.9 Å². The molecule has 2 aromatic heterocycles. The Balaban J connectivity index is 1.66. The van der Waals surface area contributed by atoms with Gasteiger partial charge in [0.05, 0.1) is 23.6 Å². The van der Waals surface area contributed by atoms with Gasteiger partial charge in [-0.1, -0.05) is 18.2 Å². The summed E-state index contributed by atoms with van der Waals surface area (Å²) in [5.41, 5.74) is 2.86. The van der Waals surface area contributed by atoms with E-state index in [9.17, 15) is 4.79 Å². The highest BCUT2D eigenvalue weighted by Crippen LogP contribution is 2.23. The Bertz CT molecular complexity index is 861. The number of carbonyl (C=O) groups excluding carboxylic acids is 1. The molecule has 5 heteroatoms. The largest absolute Gasteiger partial charge is 0.352 e. The molecule has 3 aromatic rings. The molecule has 5 nitrogen and oxygen atoms in total. The number of carbonyl (C=O) groups is 1. The quantitative estimate of drug-likeness (QED) is 0.729. The molecule has 0 aliphatic heterocycles. The fourth-order valence-corrected chi connectivity index (χ4v) is 2.92. The van der Waals surface area contributed by atoms with Gasteiger partial charge in [-0.3, -0.25) is 9.78 Å². The van der Waals surface area contributed by atoms with Crippen LogP contribution in [0.1, 0.15) is 40.0 Å². The van der Waals surface area contributed by atoms with Gasteiger partial charge in [0.25, 0.3) is 0 Å². The summed E-state index contributed by atoms with van der Waals surface area (Å²) in [6.45, 7) is 6.86. The molecule has 2 heterocycles. The van der Waals surface area contributed by atoms with Gasteiger partial charge in [-0.05, 0) is 39.7 Å². The third kappa shape index (κ3) is 3.72. The molecule has 126 valence electrons. The second kappa shape index (κ2) is 6.59. The smallest absolute Gasteiger partial charge is 0.220 e. The lowest BCUT2D eigenvalue weighted by Gasteiger charge is -2.20. The predicted molar refractivity (Wildman–Crippen MR) is 96.8 cm³/mol. The van der Waals surface area contributed by atoms with Crippen molar-refractivity contribution in [3.8, 4) is 0 Å². The van der Waals surface area contributed by atoms with E-state index in [2.05, 4.69) is 25.9 Å². The lowest BCUT2D eigenvalue weighted by atomic mass is 10.1. The van der Waals surface area contributed by atoms with Crippen LogP contribution in [0.15, 0.2) is 36.8 Å². The minimum absolute atomic E-state index is 0.118. The Morgan fingerprint density at radius 3 is 2.71 bits per heavy atom. The first kappa shape index (κ1) is 16.4. The van der Waals surface area contributed by atoms with Crippen LogP contribution in [-0.4, -0.2) is 26.0 Å². The highest BCUT2D eigenvalue weighted by Gasteiger charge is 2.13. The van der Waals surface area contributed by atoms with Crippen LogP contribution in [0.5, 0.6) is 0 Å². The van der Waals surface area contributed by atoms with E-state index in [4.69, 9.17) is 0 Å². The first-order chi connectivity index (χ1) is 11.4. The average Bonchev–Trinajstić information content (AvgIpc) is 2.93. The van der Waals surface area contributed by atoms with Crippen molar-refractivity contribution in [3.05, 3.63) is 36.8 Å².